The summed E-state index contributed by atoms with van der Waals surface area (Å²) in [6, 6.07) is 4.48. The molecule has 1 aliphatic carbocycles. The summed E-state index contributed by atoms with van der Waals surface area (Å²) >= 11 is 3.51. The Morgan fingerprint density at radius 1 is 1.33 bits per heavy atom. The summed E-state index contributed by atoms with van der Waals surface area (Å²) in [4.78, 5) is 0. The van der Waals surface area contributed by atoms with Gasteiger partial charge in [0.2, 0.25) is 0 Å². The van der Waals surface area contributed by atoms with Gasteiger partial charge in [0.15, 0.2) is 0 Å². The van der Waals surface area contributed by atoms with E-state index in [1.165, 1.54) is 29.5 Å². The molecule has 0 N–H and O–H groups in total. The molecule has 0 saturated carbocycles. The molecule has 0 saturated heterocycles. The fourth-order valence-corrected chi connectivity index (χ4v) is 3.50. The highest BCUT2D eigenvalue weighted by Crippen LogP contribution is 2.39. The van der Waals surface area contributed by atoms with Gasteiger partial charge in [0.05, 0.1) is 11.6 Å². The molecule has 0 aliphatic heterocycles. The van der Waals surface area contributed by atoms with Crippen LogP contribution in [0.15, 0.2) is 46.9 Å². The van der Waals surface area contributed by atoms with Gasteiger partial charge in [0.1, 0.15) is 17.8 Å². The van der Waals surface area contributed by atoms with Gasteiger partial charge in [-0.2, -0.15) is 0 Å². The van der Waals surface area contributed by atoms with Crippen LogP contribution >= 0.6 is 15.9 Å². The smallest absolute Gasteiger partial charge is 0.129 e. The van der Waals surface area contributed by atoms with E-state index >= 15 is 0 Å². The fourth-order valence-electron chi connectivity index (χ4n) is 3.20. The number of hydrogen-bond donors (Lipinski definition) is 0. The Kier molecular flexibility index (Phi) is 5.97. The minimum atomic E-state index is 0.212. The van der Waals surface area contributed by atoms with Crippen molar-refractivity contribution in [1.82, 2.24) is 0 Å². The molecule has 1 aromatic carbocycles. The molecule has 0 atom stereocenters. The third kappa shape index (κ3) is 4.32. The van der Waals surface area contributed by atoms with Crippen molar-refractivity contribution in [2.75, 3.05) is 7.11 Å². The number of hydrogen-bond acceptors (Lipinski definition) is 2. The predicted molar refractivity (Wildman–Crippen MR) is 105 cm³/mol. The molecule has 0 radical (unpaired) electrons. The molecule has 0 unspecified atom stereocenters. The SMILES string of the molecule is C=C(C)/C(=C/C(Br)=C/Oc1cc2c(cc1C)CCCC2(C)C)OC. The molecule has 1 aromatic rings. The zero-order valence-corrected chi connectivity index (χ0v) is 16.9. The summed E-state index contributed by atoms with van der Waals surface area (Å²) in [7, 11) is 1.64. The van der Waals surface area contributed by atoms with Gasteiger partial charge in [-0.05, 0) is 88.9 Å². The lowest BCUT2D eigenvalue weighted by atomic mass is 9.72. The largest absolute Gasteiger partial charge is 0.496 e. The topological polar surface area (TPSA) is 18.5 Å². The summed E-state index contributed by atoms with van der Waals surface area (Å²) < 4.78 is 12.0. The van der Waals surface area contributed by atoms with Crippen molar-refractivity contribution in [3.05, 3.63) is 63.6 Å². The van der Waals surface area contributed by atoms with Gasteiger partial charge < -0.3 is 9.47 Å². The van der Waals surface area contributed by atoms with E-state index in [1.807, 2.05) is 13.0 Å². The number of ether oxygens (including phenoxy) is 2. The van der Waals surface area contributed by atoms with Gasteiger partial charge in [-0.3, -0.25) is 0 Å². The van der Waals surface area contributed by atoms with Crippen LogP contribution in [0.5, 0.6) is 5.75 Å². The first-order valence-electron chi connectivity index (χ1n) is 8.32. The molecule has 2 nitrogen and oxygen atoms in total. The van der Waals surface area contributed by atoms with E-state index in [0.29, 0.717) is 0 Å². The Morgan fingerprint density at radius 3 is 2.67 bits per heavy atom. The van der Waals surface area contributed by atoms with Crippen molar-refractivity contribution in [3.63, 3.8) is 0 Å². The van der Waals surface area contributed by atoms with Crippen LogP contribution in [0.2, 0.25) is 0 Å². The highest BCUT2D eigenvalue weighted by atomic mass is 79.9. The van der Waals surface area contributed by atoms with Gasteiger partial charge in [-0.15, -0.1) is 0 Å². The highest BCUT2D eigenvalue weighted by molar-refractivity contribution is 9.11. The molecule has 0 spiro atoms. The second-order valence-electron chi connectivity index (χ2n) is 7.13. The van der Waals surface area contributed by atoms with Crippen LogP contribution in [-0.4, -0.2) is 7.11 Å². The predicted octanol–water partition coefficient (Wildman–Crippen LogP) is 6.33. The van der Waals surface area contributed by atoms with Gasteiger partial charge >= 0.3 is 0 Å². The number of benzene rings is 1. The van der Waals surface area contributed by atoms with Crippen molar-refractivity contribution < 1.29 is 9.47 Å². The number of methoxy groups -OCH3 is 1. The van der Waals surface area contributed by atoms with Crippen LogP contribution in [0.1, 0.15) is 50.3 Å². The quantitative estimate of drug-likeness (QED) is 0.431. The van der Waals surface area contributed by atoms with Crippen molar-refractivity contribution in [2.24, 2.45) is 0 Å². The van der Waals surface area contributed by atoms with Crippen LogP contribution < -0.4 is 4.74 Å². The molecule has 0 amide bonds. The molecule has 0 bridgehead atoms. The number of allylic oxidation sites excluding steroid dienone is 3. The third-order valence-corrected chi connectivity index (χ3v) is 5.00. The first-order chi connectivity index (χ1) is 11.2. The molecule has 0 aromatic heterocycles. The maximum absolute atomic E-state index is 5.94. The summed E-state index contributed by atoms with van der Waals surface area (Å²) in [5.41, 5.74) is 5.12. The lowest BCUT2D eigenvalue weighted by molar-refractivity contribution is 0.301. The van der Waals surface area contributed by atoms with Crippen LogP contribution in [-0.2, 0) is 16.6 Å². The molecule has 130 valence electrons. The van der Waals surface area contributed by atoms with Crippen LogP contribution in [0.25, 0.3) is 0 Å². The zero-order chi connectivity index (χ0) is 17.9. The van der Waals surface area contributed by atoms with Crippen LogP contribution in [0, 0.1) is 6.92 Å². The van der Waals surface area contributed by atoms with Gasteiger partial charge in [-0.1, -0.05) is 26.5 Å². The van der Waals surface area contributed by atoms with E-state index in [0.717, 1.165) is 28.0 Å². The monoisotopic (exact) mass is 390 g/mol. The lowest BCUT2D eigenvalue weighted by Gasteiger charge is -2.33. The average Bonchev–Trinajstić information content (AvgIpc) is 2.50. The van der Waals surface area contributed by atoms with Crippen molar-refractivity contribution >= 4 is 15.9 Å². The summed E-state index contributed by atoms with van der Waals surface area (Å²) in [6.45, 7) is 12.5. The molecule has 0 heterocycles. The second-order valence-corrected chi connectivity index (χ2v) is 8.04. The number of aryl methyl sites for hydroxylation is 2. The Labute approximate surface area is 154 Å². The molecular formula is C21H27BrO2. The summed E-state index contributed by atoms with van der Waals surface area (Å²) in [6.07, 6.45) is 7.21. The normalized spacial score (nSPS) is 17.2. The lowest BCUT2D eigenvalue weighted by Crippen LogP contribution is -2.23. The van der Waals surface area contributed by atoms with E-state index in [-0.39, 0.29) is 5.41 Å². The van der Waals surface area contributed by atoms with Gasteiger partial charge in [0, 0.05) is 0 Å². The Hall–Kier alpha value is -1.48. The van der Waals surface area contributed by atoms with Crippen LogP contribution in [0.4, 0.5) is 0 Å². The highest BCUT2D eigenvalue weighted by Gasteiger charge is 2.28. The Morgan fingerprint density at radius 2 is 2.04 bits per heavy atom. The number of rotatable bonds is 5. The van der Waals surface area contributed by atoms with Gasteiger partial charge in [-0.25, -0.2) is 0 Å². The minimum absolute atomic E-state index is 0.212. The molecule has 3 heteroatoms. The van der Waals surface area contributed by atoms with E-state index < -0.39 is 0 Å². The summed E-state index contributed by atoms with van der Waals surface area (Å²) in [5, 5.41) is 0. The Bertz CT molecular complexity index is 696. The molecule has 24 heavy (non-hydrogen) atoms. The Balaban J connectivity index is 2.28. The van der Waals surface area contributed by atoms with E-state index in [1.54, 1.807) is 13.4 Å². The average molecular weight is 391 g/mol. The minimum Gasteiger partial charge on any atom is -0.496 e. The van der Waals surface area contributed by atoms with Gasteiger partial charge in [0.25, 0.3) is 0 Å². The van der Waals surface area contributed by atoms with Crippen molar-refractivity contribution in [3.8, 4) is 5.75 Å². The maximum atomic E-state index is 5.94. The first-order valence-corrected chi connectivity index (χ1v) is 9.12. The van der Waals surface area contributed by atoms with E-state index in [4.69, 9.17) is 9.47 Å². The second kappa shape index (κ2) is 7.60. The van der Waals surface area contributed by atoms with E-state index in [2.05, 4.69) is 55.4 Å². The molecule has 2 rings (SSSR count). The number of fused-ring (bicyclic) bond motifs is 1. The standard InChI is InChI=1S/C21H27BrO2/c1-14(2)19(23-6)11-17(22)13-24-20-12-18-16(10-15(20)3)8-7-9-21(18,4)5/h10-13H,1,7-9H2,2-6H3/b17-13-,19-11-. The third-order valence-electron chi connectivity index (χ3n) is 4.59. The molecule has 0 fully saturated rings. The number of halogens is 1. The summed E-state index contributed by atoms with van der Waals surface area (Å²) in [5.74, 6) is 1.63. The maximum Gasteiger partial charge on any atom is 0.129 e. The zero-order valence-electron chi connectivity index (χ0n) is 15.3. The van der Waals surface area contributed by atoms with Crippen molar-refractivity contribution in [1.29, 1.82) is 0 Å². The van der Waals surface area contributed by atoms with E-state index in [9.17, 15) is 0 Å². The fraction of sp³-hybridized carbons (Fsp3) is 0.429. The van der Waals surface area contributed by atoms with Crippen LogP contribution in [0.3, 0.4) is 0 Å². The van der Waals surface area contributed by atoms with Crippen molar-refractivity contribution in [2.45, 2.75) is 52.4 Å². The first kappa shape index (κ1) is 18.9. The molecule has 1 aliphatic rings. The molecular weight excluding hydrogens is 364 g/mol.